The van der Waals surface area contributed by atoms with Crippen LogP contribution < -0.4 is 14.4 Å². The summed E-state index contributed by atoms with van der Waals surface area (Å²) in [6.07, 6.45) is 12.7. The number of rotatable bonds is 3. The number of nitrogens with zero attached hydrogens (tertiary/aromatic N) is 3. The summed E-state index contributed by atoms with van der Waals surface area (Å²) >= 11 is 6.47. The number of methoxy groups -OCH3 is 1. The van der Waals surface area contributed by atoms with Crippen LogP contribution in [0.2, 0.25) is 5.02 Å². The Balaban J connectivity index is 1.17. The van der Waals surface area contributed by atoms with E-state index in [1.807, 2.05) is 37.3 Å². The fourth-order valence-electron chi connectivity index (χ4n) is 9.21. The molecule has 0 saturated heterocycles. The smallest absolute Gasteiger partial charge is 0.286 e. The lowest BCUT2D eigenvalue weighted by Gasteiger charge is -2.46. The molecule has 1 aromatic heterocycles. The van der Waals surface area contributed by atoms with Gasteiger partial charge in [0.25, 0.3) is 5.91 Å². The van der Waals surface area contributed by atoms with Gasteiger partial charge in [0.1, 0.15) is 15.7 Å². The van der Waals surface area contributed by atoms with Crippen molar-refractivity contribution in [3.8, 4) is 5.75 Å². The van der Waals surface area contributed by atoms with Gasteiger partial charge in [-0.25, -0.2) is 4.21 Å². The number of anilines is 1. The Bertz CT molecular complexity index is 2020. The number of carbonyl (C=O) groups excluding carboxylic acids is 2. The summed E-state index contributed by atoms with van der Waals surface area (Å²) < 4.78 is 34.5. The molecule has 1 spiro atoms. The van der Waals surface area contributed by atoms with Gasteiger partial charge in [0.15, 0.2) is 0 Å². The van der Waals surface area contributed by atoms with Gasteiger partial charge in [-0.15, -0.1) is 4.36 Å². The van der Waals surface area contributed by atoms with Gasteiger partial charge in [0.05, 0.1) is 24.2 Å². The van der Waals surface area contributed by atoms with Crippen LogP contribution in [0, 0.1) is 23.7 Å². The normalized spacial score (nSPS) is 31.9. The highest BCUT2D eigenvalue weighted by Crippen LogP contribution is 2.47. The number of carbonyl (C=O) groups is 2. The number of nitrogens with one attached hydrogen (secondary N) is 1. The van der Waals surface area contributed by atoms with Crippen molar-refractivity contribution in [2.24, 2.45) is 28.0 Å². The molecule has 2 amide bonds. The molecule has 2 aromatic carbocycles. The molecule has 2 aliphatic heterocycles. The van der Waals surface area contributed by atoms with Crippen molar-refractivity contribution in [1.82, 2.24) is 9.71 Å². The Kier molecular flexibility index (Phi) is 9.68. The van der Waals surface area contributed by atoms with Crippen molar-refractivity contribution in [2.75, 3.05) is 37.5 Å². The minimum atomic E-state index is -3.48. The molecule has 3 aromatic rings. The second kappa shape index (κ2) is 14.3. The van der Waals surface area contributed by atoms with Crippen molar-refractivity contribution < 1.29 is 23.3 Å². The standard InChI is InChI=1S/C41H47ClN4O5S/c1-26-6-3-9-37(50-2)33-13-10-30(33)22-46-24-41(16-4-7-27-19-32(42)12-14-34(27)41)25-51-38-15-11-29(21-36(38)46)39(47)44-52(49,23-26)45-40(48)31-18-28-8-5-17-43-35(28)20-31/h3,5,8-9,11-12,14-15,17,19,21,26,30-31,33,37H,4,6-7,10,13,16,18,20,22-25H2,1-2H3,(H,44,45,47,48,49)/b9-3+/t26-,30-,31?,33+,37-,41-,52?/m0/s1. The van der Waals surface area contributed by atoms with Gasteiger partial charge in [-0.05, 0) is 116 Å². The molecule has 0 radical (unpaired) electrons. The number of hydrogen-bond acceptors (Lipinski definition) is 7. The van der Waals surface area contributed by atoms with Crippen LogP contribution in [0.25, 0.3) is 0 Å². The van der Waals surface area contributed by atoms with Crippen LogP contribution in [0.5, 0.6) is 5.75 Å². The summed E-state index contributed by atoms with van der Waals surface area (Å²) in [4.78, 5) is 34.6. The van der Waals surface area contributed by atoms with E-state index in [1.54, 1.807) is 19.4 Å². The number of ether oxygens (including phenoxy) is 2. The molecule has 9 nitrogen and oxygen atoms in total. The van der Waals surface area contributed by atoms with Crippen molar-refractivity contribution in [3.05, 3.63) is 99.9 Å². The average molecular weight is 743 g/mol. The van der Waals surface area contributed by atoms with Gasteiger partial charge in [0, 0.05) is 60.4 Å². The summed E-state index contributed by atoms with van der Waals surface area (Å²) in [6.45, 7) is 4.01. The second-order valence-electron chi connectivity index (χ2n) is 15.6. The van der Waals surface area contributed by atoms with E-state index in [2.05, 4.69) is 43.3 Å². The number of amides is 2. The van der Waals surface area contributed by atoms with Crippen molar-refractivity contribution in [3.63, 3.8) is 0 Å². The minimum absolute atomic E-state index is 0.0442. The van der Waals surface area contributed by atoms with E-state index in [-0.39, 0.29) is 29.1 Å². The molecular formula is C41H47ClN4O5S. The number of pyridine rings is 1. The molecule has 2 bridgehead atoms. The van der Waals surface area contributed by atoms with Crippen LogP contribution in [0.15, 0.2) is 71.2 Å². The summed E-state index contributed by atoms with van der Waals surface area (Å²) in [5.41, 5.74) is 5.34. The van der Waals surface area contributed by atoms with Crippen LogP contribution >= 0.6 is 11.6 Å². The number of halogens is 1. The van der Waals surface area contributed by atoms with Gasteiger partial charge in [-0.2, -0.15) is 0 Å². The first kappa shape index (κ1) is 35.3. The molecule has 274 valence electrons. The molecule has 52 heavy (non-hydrogen) atoms. The monoisotopic (exact) mass is 742 g/mol. The summed E-state index contributed by atoms with van der Waals surface area (Å²) in [6, 6.07) is 15.5. The number of aryl methyl sites for hydroxylation is 1. The maximum absolute atomic E-state index is 14.7. The average Bonchev–Trinajstić information content (AvgIpc) is 3.49. The zero-order valence-corrected chi connectivity index (χ0v) is 31.5. The Morgan fingerprint density at radius 1 is 1.13 bits per heavy atom. The van der Waals surface area contributed by atoms with E-state index < -0.39 is 21.7 Å². The predicted molar refractivity (Wildman–Crippen MR) is 203 cm³/mol. The first-order valence-electron chi connectivity index (χ1n) is 18.7. The van der Waals surface area contributed by atoms with Crippen molar-refractivity contribution in [2.45, 2.75) is 69.8 Å². The van der Waals surface area contributed by atoms with E-state index in [0.717, 1.165) is 67.2 Å². The highest BCUT2D eigenvalue weighted by Gasteiger charge is 2.44. The molecule has 11 heteroatoms. The molecule has 1 saturated carbocycles. The lowest BCUT2D eigenvalue weighted by molar-refractivity contribution is -0.122. The largest absolute Gasteiger partial charge is 0.490 e. The fourth-order valence-corrected chi connectivity index (χ4v) is 11.4. The molecule has 5 aliphatic rings. The van der Waals surface area contributed by atoms with E-state index in [9.17, 15) is 13.8 Å². The van der Waals surface area contributed by atoms with Crippen molar-refractivity contribution >= 4 is 39.0 Å². The molecule has 2 unspecified atom stereocenters. The quantitative estimate of drug-likeness (QED) is 0.291. The van der Waals surface area contributed by atoms with Gasteiger partial charge < -0.3 is 14.4 Å². The highest BCUT2D eigenvalue weighted by atomic mass is 35.5. The van der Waals surface area contributed by atoms with E-state index in [4.69, 9.17) is 21.1 Å². The van der Waals surface area contributed by atoms with Crippen LogP contribution in [0.4, 0.5) is 5.69 Å². The third-order valence-corrected chi connectivity index (χ3v) is 14.3. The number of allylic oxidation sites excluding steroid dienone is 1. The second-order valence-corrected chi connectivity index (χ2v) is 18.1. The number of fused-ring (bicyclic) bond motifs is 5. The molecular weight excluding hydrogens is 696 g/mol. The number of hydrogen-bond donors (Lipinski definition) is 1. The van der Waals surface area contributed by atoms with Crippen LogP contribution in [0.1, 0.15) is 71.8 Å². The van der Waals surface area contributed by atoms with Crippen LogP contribution in [0.3, 0.4) is 0 Å². The zero-order chi connectivity index (χ0) is 36.0. The third kappa shape index (κ3) is 6.90. The molecule has 1 N–H and O–H groups in total. The summed E-state index contributed by atoms with van der Waals surface area (Å²) in [7, 11) is -1.71. The van der Waals surface area contributed by atoms with Crippen molar-refractivity contribution in [1.29, 1.82) is 0 Å². The van der Waals surface area contributed by atoms with Gasteiger partial charge >= 0.3 is 0 Å². The van der Waals surface area contributed by atoms with Gasteiger partial charge in [-0.1, -0.05) is 42.8 Å². The minimum Gasteiger partial charge on any atom is -0.490 e. The topological polar surface area (TPSA) is 110 Å². The van der Waals surface area contributed by atoms with E-state index >= 15 is 0 Å². The van der Waals surface area contributed by atoms with Gasteiger partial charge in [-0.3, -0.25) is 19.3 Å². The summed E-state index contributed by atoms with van der Waals surface area (Å²) in [5.74, 6) is -0.0243. The maximum Gasteiger partial charge on any atom is 0.286 e. The SMILES string of the molecule is CO[C@H]1/C=C/C[C@H](C)CS(=O)(NC(=O)C2Cc3cccnc3C2)=NC(=O)c2ccc3c(c2)N(C[C@@H]2CC[C@H]21)C[C@@]1(CCCc2cc(Cl)ccc21)CO3. The Hall–Kier alpha value is -3.73. The highest BCUT2D eigenvalue weighted by molar-refractivity contribution is 7.92. The lowest BCUT2D eigenvalue weighted by Crippen LogP contribution is -2.49. The molecule has 8 rings (SSSR count). The molecule has 3 heterocycles. The zero-order valence-electron chi connectivity index (χ0n) is 29.9. The molecule has 3 aliphatic carbocycles. The van der Waals surface area contributed by atoms with Crippen LogP contribution in [-0.2, 0) is 44.1 Å². The third-order valence-electron chi connectivity index (χ3n) is 12.0. The fraction of sp³-hybridized carbons (Fsp3) is 0.488. The Morgan fingerprint density at radius 2 is 2.02 bits per heavy atom. The molecule has 1 fully saturated rings. The number of aromatic nitrogens is 1. The molecule has 7 atom stereocenters. The lowest BCUT2D eigenvalue weighted by atomic mass is 9.68. The van der Waals surface area contributed by atoms with Gasteiger partial charge in [0.2, 0.25) is 5.91 Å². The predicted octanol–water partition coefficient (Wildman–Crippen LogP) is 6.90. The maximum atomic E-state index is 14.7. The number of benzene rings is 2. The Labute approximate surface area is 311 Å². The van der Waals surface area contributed by atoms with Crippen LogP contribution in [-0.4, -0.2) is 59.7 Å². The first-order valence-corrected chi connectivity index (χ1v) is 20.7. The van der Waals surface area contributed by atoms with E-state index in [0.29, 0.717) is 49.0 Å². The summed E-state index contributed by atoms with van der Waals surface area (Å²) in [5, 5.41) is 0.744. The van der Waals surface area contributed by atoms with E-state index in [1.165, 1.54) is 11.1 Å². The Morgan fingerprint density at radius 3 is 2.83 bits per heavy atom. The first-order chi connectivity index (χ1) is 25.1.